The number of hydrogen-bond acceptors (Lipinski definition) is 3. The highest BCUT2D eigenvalue weighted by Gasteiger charge is 2.29. The third-order valence-corrected chi connectivity index (χ3v) is 21.8. The van der Waals surface area contributed by atoms with Gasteiger partial charge in [0.1, 0.15) is 11.5 Å². The standard InChI is InChI=1S/C13H17ClF2O.C13H17ClF2.2C12H17ClO.3C12H17Cl/c1-8(2)9(3)10-5-6-11(14)12(7-10)17-13(4,15)16;1-8(2)9(3)10-5-6-12(14)11(7-10)13(4,15)16;1-8(2)9(3)10-5-6-11(13)12(7-10)14-4;1-8(2)11(7-14)10-4-5-12(13)9(3)6-10;3*1-8(2)10(4)11-5-6-12(13)9(3)7-11/h5-9H,1-4H3;5-9H,1-4H3;5-9H,1-4H3;4-6,8,11,14H,7H2,1-3H3;3*5-8,10H,1-4H3. The minimum Gasteiger partial charge on any atom is -0.495 e. The van der Waals surface area contributed by atoms with Gasteiger partial charge < -0.3 is 14.6 Å². The first-order chi connectivity index (χ1) is 46.1. The molecule has 7 aromatic rings. The molecule has 0 amide bonds. The van der Waals surface area contributed by atoms with Crippen molar-refractivity contribution in [3.05, 3.63) is 229 Å². The van der Waals surface area contributed by atoms with Gasteiger partial charge >= 0.3 is 6.11 Å². The normalized spacial score (nSPS) is 13.5. The Morgan fingerprint density at radius 3 is 0.790 bits per heavy atom. The molecule has 7 atom stereocenters. The Balaban J connectivity index is 0.000000585. The van der Waals surface area contributed by atoms with Crippen LogP contribution in [0.15, 0.2) is 127 Å². The zero-order valence-corrected chi connectivity index (χ0v) is 70.1. The monoisotopic (exact) mass is 1520 g/mol. The fourth-order valence-electron chi connectivity index (χ4n) is 9.96. The quantitative estimate of drug-likeness (QED) is 0.0820. The van der Waals surface area contributed by atoms with Crippen molar-refractivity contribution < 1.29 is 32.1 Å². The molecule has 14 heteroatoms. The Morgan fingerprint density at radius 2 is 0.550 bits per heavy atom. The second-order valence-corrected chi connectivity index (χ2v) is 32.2. The van der Waals surface area contributed by atoms with Crippen molar-refractivity contribution in [3.8, 4) is 11.5 Å². The molecule has 0 bridgehead atoms. The Labute approximate surface area is 638 Å². The van der Waals surface area contributed by atoms with Crippen LogP contribution in [0.3, 0.4) is 0 Å². The first-order valence-corrected chi connectivity index (χ1v) is 37.8. The third kappa shape index (κ3) is 32.5. The Hall–Kier alpha value is -4.15. The van der Waals surface area contributed by atoms with Gasteiger partial charge in [0.25, 0.3) is 5.92 Å². The molecular weight excluding hydrogens is 1410 g/mol. The van der Waals surface area contributed by atoms with E-state index in [-0.39, 0.29) is 45.7 Å². The minimum atomic E-state index is -3.22. The topological polar surface area (TPSA) is 38.7 Å². The lowest BCUT2D eigenvalue weighted by atomic mass is 9.88. The molecule has 0 aliphatic carbocycles. The molecule has 0 aromatic heterocycles. The summed E-state index contributed by atoms with van der Waals surface area (Å²) < 4.78 is 61.9. The highest BCUT2D eigenvalue weighted by atomic mass is 35.5. The summed E-state index contributed by atoms with van der Waals surface area (Å²) in [4.78, 5) is 0. The zero-order chi connectivity index (χ0) is 77.2. The van der Waals surface area contributed by atoms with Gasteiger partial charge in [-0.05, 0) is 226 Å². The van der Waals surface area contributed by atoms with E-state index in [2.05, 4.69) is 199 Å². The molecule has 7 aromatic carbocycles. The molecule has 7 rings (SSSR count). The highest BCUT2D eigenvalue weighted by molar-refractivity contribution is 6.33. The van der Waals surface area contributed by atoms with E-state index in [0.29, 0.717) is 77.0 Å². The van der Waals surface area contributed by atoms with Gasteiger partial charge in [-0.1, -0.05) is 286 Å². The molecule has 558 valence electrons. The molecular formula is C86H119Cl7F4O3. The summed E-state index contributed by atoms with van der Waals surface area (Å²) in [6, 6.07) is 40.8. The average molecular weight is 1530 g/mol. The number of aliphatic hydroxyl groups excluding tert-OH is 1. The van der Waals surface area contributed by atoms with Crippen molar-refractivity contribution in [1.82, 2.24) is 0 Å². The molecule has 0 spiro atoms. The van der Waals surface area contributed by atoms with Gasteiger partial charge in [-0.2, -0.15) is 8.78 Å². The molecule has 0 saturated carbocycles. The maximum atomic E-state index is 13.3. The van der Waals surface area contributed by atoms with Gasteiger partial charge in [-0.25, -0.2) is 8.78 Å². The number of alkyl halides is 4. The highest BCUT2D eigenvalue weighted by Crippen LogP contribution is 2.39. The van der Waals surface area contributed by atoms with Crippen LogP contribution in [0.1, 0.15) is 261 Å². The van der Waals surface area contributed by atoms with Crippen molar-refractivity contribution in [2.75, 3.05) is 13.7 Å². The number of benzene rings is 7. The summed E-state index contributed by atoms with van der Waals surface area (Å²) in [7, 11) is 1.64. The lowest BCUT2D eigenvalue weighted by molar-refractivity contribution is -0.158. The van der Waals surface area contributed by atoms with Crippen LogP contribution < -0.4 is 9.47 Å². The van der Waals surface area contributed by atoms with E-state index in [1.54, 1.807) is 25.3 Å². The molecule has 0 heterocycles. The number of aryl methyl sites for hydroxylation is 4. The molecule has 100 heavy (non-hydrogen) atoms. The van der Waals surface area contributed by atoms with Crippen LogP contribution in [-0.4, -0.2) is 24.9 Å². The Morgan fingerprint density at radius 1 is 0.320 bits per heavy atom. The van der Waals surface area contributed by atoms with E-state index in [0.717, 1.165) is 49.5 Å². The summed E-state index contributed by atoms with van der Waals surface area (Å²) in [5, 5.41) is 13.7. The van der Waals surface area contributed by atoms with Crippen molar-refractivity contribution in [1.29, 1.82) is 0 Å². The lowest BCUT2D eigenvalue weighted by Gasteiger charge is -2.19. The predicted molar refractivity (Wildman–Crippen MR) is 431 cm³/mol. The second kappa shape index (κ2) is 44.6. The van der Waals surface area contributed by atoms with Gasteiger partial charge in [-0.15, -0.1) is 0 Å². The van der Waals surface area contributed by atoms with Crippen LogP contribution in [0.5, 0.6) is 11.5 Å². The fourth-order valence-corrected chi connectivity index (χ4v) is 11.1. The number of aliphatic hydroxyl groups is 1. The average Bonchev–Trinajstić information content (AvgIpc) is 0.826. The van der Waals surface area contributed by atoms with Gasteiger partial charge in [0.05, 0.1) is 23.8 Å². The lowest BCUT2D eigenvalue weighted by Crippen LogP contribution is -2.19. The summed E-state index contributed by atoms with van der Waals surface area (Å²) in [6.45, 7) is 53.4. The van der Waals surface area contributed by atoms with Crippen molar-refractivity contribution in [3.63, 3.8) is 0 Å². The van der Waals surface area contributed by atoms with E-state index >= 15 is 0 Å². The van der Waals surface area contributed by atoms with Gasteiger partial charge in [0, 0.05) is 50.4 Å². The van der Waals surface area contributed by atoms with Crippen LogP contribution in [0, 0.1) is 69.1 Å². The summed E-state index contributed by atoms with van der Waals surface area (Å²) in [5.41, 5.74) is 13.0. The van der Waals surface area contributed by atoms with E-state index < -0.39 is 12.0 Å². The second-order valence-electron chi connectivity index (χ2n) is 29.4. The molecule has 1 N–H and O–H groups in total. The fraction of sp³-hybridized carbons (Fsp3) is 0.512. The Bertz CT molecular complexity index is 3390. The molecule has 0 radical (unpaired) electrons. The smallest absolute Gasteiger partial charge is 0.394 e. The molecule has 0 aliphatic heterocycles. The number of methoxy groups -OCH3 is 1. The zero-order valence-electron chi connectivity index (χ0n) is 64.8. The summed E-state index contributed by atoms with van der Waals surface area (Å²) >= 11 is 41.4. The van der Waals surface area contributed by atoms with Gasteiger partial charge in [0.15, 0.2) is 0 Å². The maximum Gasteiger partial charge on any atom is 0.394 e. The van der Waals surface area contributed by atoms with Crippen LogP contribution >= 0.6 is 81.2 Å². The molecule has 0 aliphatic rings. The van der Waals surface area contributed by atoms with Crippen molar-refractivity contribution >= 4 is 81.2 Å². The van der Waals surface area contributed by atoms with E-state index in [9.17, 15) is 22.7 Å². The maximum absolute atomic E-state index is 13.3. The molecule has 7 unspecified atom stereocenters. The van der Waals surface area contributed by atoms with Crippen LogP contribution in [-0.2, 0) is 5.92 Å². The minimum absolute atomic E-state index is 0.0316. The summed E-state index contributed by atoms with van der Waals surface area (Å²) in [6.07, 6.45) is -3.22. The number of ether oxygens (including phenoxy) is 2. The van der Waals surface area contributed by atoms with E-state index in [4.69, 9.17) is 85.9 Å². The van der Waals surface area contributed by atoms with Gasteiger partial charge in [-0.3, -0.25) is 0 Å². The summed E-state index contributed by atoms with van der Waals surface area (Å²) in [5.74, 6) is 4.94. The first-order valence-electron chi connectivity index (χ1n) is 35.1. The van der Waals surface area contributed by atoms with Crippen LogP contribution in [0.4, 0.5) is 17.6 Å². The van der Waals surface area contributed by atoms with Gasteiger partial charge in [0.2, 0.25) is 0 Å². The molecule has 3 nitrogen and oxygen atoms in total. The number of rotatable bonds is 19. The van der Waals surface area contributed by atoms with Crippen LogP contribution in [0.2, 0.25) is 35.2 Å². The number of halogens is 11. The first kappa shape index (κ1) is 93.9. The van der Waals surface area contributed by atoms with E-state index in [1.807, 2.05) is 75.4 Å². The van der Waals surface area contributed by atoms with E-state index in [1.165, 1.54) is 50.6 Å². The third-order valence-electron chi connectivity index (χ3n) is 19.2. The largest absolute Gasteiger partial charge is 0.495 e. The van der Waals surface area contributed by atoms with Crippen molar-refractivity contribution in [2.24, 2.45) is 41.4 Å². The van der Waals surface area contributed by atoms with Crippen LogP contribution in [0.25, 0.3) is 0 Å². The van der Waals surface area contributed by atoms with Crippen molar-refractivity contribution in [2.45, 2.75) is 233 Å². The number of hydrogen-bond donors (Lipinski definition) is 1. The molecule has 0 fully saturated rings. The molecule has 0 saturated heterocycles. The SMILES string of the molecule is CC(C)C(C)c1ccc(Cl)c(C(C)(F)F)c1.CC(C)C(C)c1ccc(Cl)c(OC(C)(F)F)c1.COc1cc(C(C)C(C)C)ccc1Cl.Cc1cc(C(C)C(C)C)ccc1Cl.Cc1cc(C(C)C(C)C)ccc1Cl.Cc1cc(C(C)C(C)C)ccc1Cl.Cc1cc(C(CO)C(C)C)ccc1Cl. The predicted octanol–water partition coefficient (Wildman–Crippen LogP) is 31.0. The Kier molecular flexibility index (Phi) is 41.9.